The lowest BCUT2D eigenvalue weighted by Gasteiger charge is -2.27. The number of rotatable bonds is 7. The molecule has 0 spiro atoms. The zero-order valence-corrected chi connectivity index (χ0v) is 30.5. The Kier molecular flexibility index (Phi) is 7.56. The van der Waals surface area contributed by atoms with Gasteiger partial charge in [0, 0.05) is 50.6 Å². The van der Waals surface area contributed by atoms with E-state index < -0.39 is 0 Å². The van der Waals surface area contributed by atoms with Crippen LogP contribution in [0, 0.1) is 0 Å². The molecule has 0 bridgehead atoms. The average Bonchev–Trinajstić information content (AvgIpc) is 3.84. The molecule has 0 amide bonds. The molecule has 0 aliphatic carbocycles. The fraction of sp³-hybridized carbons (Fsp3) is 0.0189. The Bertz CT molecular complexity index is 3210. The largest absolute Gasteiger partial charge is 0.456 e. The summed E-state index contributed by atoms with van der Waals surface area (Å²) < 4.78 is 12.8. The second-order valence-corrected chi connectivity index (χ2v) is 14.4. The van der Waals surface area contributed by atoms with E-state index in [1.807, 2.05) is 18.2 Å². The summed E-state index contributed by atoms with van der Waals surface area (Å²) in [7, 11) is 0. The van der Waals surface area contributed by atoms with Crippen molar-refractivity contribution >= 4 is 66.0 Å². The second kappa shape index (κ2) is 13.2. The highest BCUT2D eigenvalue weighted by molar-refractivity contribution is 6.20. The van der Waals surface area contributed by atoms with Crippen molar-refractivity contribution in [2.45, 2.75) is 6.54 Å². The van der Waals surface area contributed by atoms with Gasteiger partial charge >= 0.3 is 0 Å². The molecule has 9 aromatic carbocycles. The highest BCUT2D eigenvalue weighted by Crippen LogP contribution is 2.43. The lowest BCUT2D eigenvalue weighted by molar-refractivity contribution is 0.669. The summed E-state index contributed by atoms with van der Waals surface area (Å²) in [5, 5.41) is 6.92. The Morgan fingerprint density at radius 2 is 0.946 bits per heavy atom. The molecule has 11 aromatic rings. The topological polar surface area (TPSA) is 29.5 Å². The highest BCUT2D eigenvalue weighted by atomic mass is 16.3. The number of hydrogen-bond donors (Lipinski definition) is 0. The van der Waals surface area contributed by atoms with Gasteiger partial charge in [-0.25, -0.2) is 0 Å². The van der Waals surface area contributed by atoms with Crippen LogP contribution >= 0.6 is 0 Å². The number of hydrogen-bond acceptors (Lipinski definition) is 3. The Morgan fingerprint density at radius 3 is 1.73 bits per heavy atom. The van der Waals surface area contributed by atoms with Gasteiger partial charge in [-0.3, -0.25) is 0 Å². The Morgan fingerprint density at radius 1 is 0.375 bits per heavy atom. The predicted molar refractivity (Wildman–Crippen MR) is 234 cm³/mol. The van der Waals surface area contributed by atoms with E-state index in [1.165, 1.54) is 27.6 Å². The van der Waals surface area contributed by atoms with Crippen LogP contribution in [0.5, 0.6) is 0 Å². The van der Waals surface area contributed by atoms with E-state index in [-0.39, 0.29) is 0 Å². The average molecular weight is 718 g/mol. The van der Waals surface area contributed by atoms with Crippen molar-refractivity contribution in [1.82, 2.24) is 0 Å². The van der Waals surface area contributed by atoms with Crippen LogP contribution < -0.4 is 4.90 Å². The van der Waals surface area contributed by atoms with Crippen molar-refractivity contribution in [2.24, 2.45) is 0 Å². The van der Waals surface area contributed by atoms with Gasteiger partial charge in [0.15, 0.2) is 0 Å². The van der Waals surface area contributed by atoms with Crippen molar-refractivity contribution in [3.8, 4) is 33.4 Å². The summed E-state index contributed by atoms with van der Waals surface area (Å²) in [6, 6.07) is 71.2. The van der Waals surface area contributed by atoms with Crippen LogP contribution in [0.1, 0.15) is 5.56 Å². The fourth-order valence-corrected chi connectivity index (χ4v) is 8.51. The first-order chi connectivity index (χ1) is 27.8. The molecule has 264 valence electrons. The van der Waals surface area contributed by atoms with E-state index in [1.54, 1.807) is 0 Å². The summed E-state index contributed by atoms with van der Waals surface area (Å²) in [6.07, 6.45) is 0. The van der Waals surface area contributed by atoms with Crippen molar-refractivity contribution in [1.29, 1.82) is 0 Å². The number of para-hydroxylation sites is 3. The smallest absolute Gasteiger partial charge is 0.143 e. The summed E-state index contributed by atoms with van der Waals surface area (Å²) >= 11 is 0. The van der Waals surface area contributed by atoms with E-state index >= 15 is 0 Å². The Balaban J connectivity index is 1.04. The molecule has 2 aromatic heterocycles. The molecule has 11 rings (SSSR count). The summed E-state index contributed by atoms with van der Waals surface area (Å²) in [5.41, 5.74) is 14.1. The zero-order valence-electron chi connectivity index (χ0n) is 30.5. The van der Waals surface area contributed by atoms with Crippen LogP contribution in [0.2, 0.25) is 0 Å². The van der Waals surface area contributed by atoms with Crippen LogP contribution in [-0.2, 0) is 6.54 Å². The summed E-state index contributed by atoms with van der Waals surface area (Å²) in [5.74, 6) is 0. The van der Waals surface area contributed by atoms with E-state index in [0.717, 1.165) is 77.3 Å². The molecule has 56 heavy (non-hydrogen) atoms. The molecule has 2 heterocycles. The molecule has 0 radical (unpaired) electrons. The third-order valence-electron chi connectivity index (χ3n) is 11.2. The number of furan rings is 2. The zero-order chi connectivity index (χ0) is 37.0. The van der Waals surface area contributed by atoms with Crippen LogP contribution in [0.15, 0.2) is 209 Å². The SMILES string of the molecule is c1ccc(-c2ccccc2CN(c2ccc(-c3cccc4c3oc3ccccc34)cc2)c2ccc(-c3c4ccccc4cc4oc5ccccc5c34)cc2)cc1. The number of anilines is 2. The number of nitrogens with zero attached hydrogens (tertiary/aromatic N) is 1. The maximum Gasteiger partial charge on any atom is 0.143 e. The quantitative estimate of drug-likeness (QED) is 0.164. The third kappa shape index (κ3) is 5.36. The van der Waals surface area contributed by atoms with Gasteiger partial charge in [0.2, 0.25) is 0 Å². The van der Waals surface area contributed by atoms with Gasteiger partial charge in [-0.05, 0) is 81.1 Å². The monoisotopic (exact) mass is 717 g/mol. The number of benzene rings is 9. The fourth-order valence-electron chi connectivity index (χ4n) is 8.51. The first kappa shape index (κ1) is 32.1. The van der Waals surface area contributed by atoms with Crippen LogP contribution in [0.3, 0.4) is 0 Å². The first-order valence-electron chi connectivity index (χ1n) is 19.1. The minimum Gasteiger partial charge on any atom is -0.456 e. The molecule has 0 unspecified atom stereocenters. The van der Waals surface area contributed by atoms with Crippen molar-refractivity contribution in [2.75, 3.05) is 4.90 Å². The molecule has 0 aliphatic heterocycles. The minimum absolute atomic E-state index is 0.688. The van der Waals surface area contributed by atoms with Gasteiger partial charge in [-0.15, -0.1) is 0 Å². The van der Waals surface area contributed by atoms with E-state index in [4.69, 9.17) is 8.83 Å². The lowest BCUT2D eigenvalue weighted by Crippen LogP contribution is -2.17. The molecule has 3 heteroatoms. The predicted octanol–water partition coefficient (Wildman–Crippen LogP) is 15.0. The third-order valence-corrected chi connectivity index (χ3v) is 11.2. The minimum atomic E-state index is 0.688. The molecule has 0 aliphatic rings. The first-order valence-corrected chi connectivity index (χ1v) is 19.1. The second-order valence-electron chi connectivity index (χ2n) is 14.4. The molecule has 0 N–H and O–H groups in total. The van der Waals surface area contributed by atoms with Crippen LogP contribution in [-0.4, -0.2) is 0 Å². The van der Waals surface area contributed by atoms with Crippen LogP contribution in [0.4, 0.5) is 11.4 Å². The van der Waals surface area contributed by atoms with Crippen molar-refractivity contribution in [3.05, 3.63) is 206 Å². The molecular formula is C53H35NO2. The van der Waals surface area contributed by atoms with Gasteiger partial charge in [0.05, 0.1) is 0 Å². The summed E-state index contributed by atoms with van der Waals surface area (Å²) in [6.45, 7) is 0.688. The van der Waals surface area contributed by atoms with Gasteiger partial charge < -0.3 is 13.7 Å². The molecule has 0 saturated carbocycles. The molecule has 0 atom stereocenters. The van der Waals surface area contributed by atoms with Gasteiger partial charge in [-0.2, -0.15) is 0 Å². The maximum absolute atomic E-state index is 6.42. The van der Waals surface area contributed by atoms with Gasteiger partial charge in [0.1, 0.15) is 22.3 Å². The van der Waals surface area contributed by atoms with Gasteiger partial charge in [-0.1, -0.05) is 158 Å². The van der Waals surface area contributed by atoms with Crippen molar-refractivity contribution in [3.63, 3.8) is 0 Å². The van der Waals surface area contributed by atoms with Crippen LogP contribution in [0.25, 0.3) is 88.0 Å². The molecule has 0 saturated heterocycles. The molecular weight excluding hydrogens is 683 g/mol. The Hall–Kier alpha value is -7.36. The lowest BCUT2D eigenvalue weighted by atomic mass is 9.93. The van der Waals surface area contributed by atoms with Crippen molar-refractivity contribution < 1.29 is 8.83 Å². The van der Waals surface area contributed by atoms with Gasteiger partial charge in [0.25, 0.3) is 0 Å². The normalized spacial score (nSPS) is 11.6. The molecule has 0 fully saturated rings. The number of fused-ring (bicyclic) bond motifs is 7. The van der Waals surface area contributed by atoms with E-state index in [9.17, 15) is 0 Å². The Labute approximate surface area is 324 Å². The highest BCUT2D eigenvalue weighted by Gasteiger charge is 2.19. The standard InChI is InChI=1S/C53H35NO2/c1-2-13-35(14-3-1)42-17-6-5-16-39(42)34-54(40-29-25-36(26-30-40)44-21-12-22-46-45-19-8-10-23-48(45)56-53(44)46)41-31-27-37(28-32-41)51-43-18-7-4-15-38(43)33-50-52(51)47-20-9-11-24-49(47)55-50/h1-33H,34H2. The van der Waals surface area contributed by atoms with E-state index in [0.29, 0.717) is 6.54 Å². The maximum atomic E-state index is 6.42. The van der Waals surface area contributed by atoms with E-state index in [2.05, 4.69) is 187 Å². The summed E-state index contributed by atoms with van der Waals surface area (Å²) in [4.78, 5) is 2.42. The molecule has 3 nitrogen and oxygen atoms in total.